The van der Waals surface area contributed by atoms with Gasteiger partial charge in [0.15, 0.2) is 0 Å². The standard InChI is InChI=1S/C14H18BrN3O3/c1-10(14(19)17-7-3-2-4-8-17)16-12-6-5-11(15)9-13(12)18(20)21/h5-6,9-10,16H,2-4,7-8H2,1H3. The molecule has 1 saturated heterocycles. The summed E-state index contributed by atoms with van der Waals surface area (Å²) in [5.74, 6) is -0.00748. The molecule has 0 aliphatic carbocycles. The van der Waals surface area contributed by atoms with Gasteiger partial charge in [0, 0.05) is 23.6 Å². The number of anilines is 1. The first-order valence-electron chi connectivity index (χ1n) is 6.98. The number of halogens is 1. The predicted molar refractivity (Wildman–Crippen MR) is 84.3 cm³/mol. The number of piperidine rings is 1. The molecule has 0 radical (unpaired) electrons. The molecule has 1 amide bonds. The number of nitrogens with one attached hydrogen (secondary N) is 1. The summed E-state index contributed by atoms with van der Waals surface area (Å²) in [6.45, 7) is 3.28. The lowest BCUT2D eigenvalue weighted by Gasteiger charge is -2.29. The van der Waals surface area contributed by atoms with Gasteiger partial charge in [-0.15, -0.1) is 0 Å². The summed E-state index contributed by atoms with van der Waals surface area (Å²) >= 11 is 3.21. The van der Waals surface area contributed by atoms with Crippen LogP contribution in [0.15, 0.2) is 22.7 Å². The highest BCUT2D eigenvalue weighted by atomic mass is 79.9. The van der Waals surface area contributed by atoms with Gasteiger partial charge in [-0.1, -0.05) is 15.9 Å². The summed E-state index contributed by atoms with van der Waals surface area (Å²) in [6, 6.07) is 4.28. The number of amides is 1. The molecule has 0 saturated carbocycles. The Morgan fingerprint density at radius 1 is 1.38 bits per heavy atom. The number of rotatable bonds is 4. The first kappa shape index (κ1) is 15.8. The Labute approximate surface area is 131 Å². The van der Waals surface area contributed by atoms with Crippen molar-refractivity contribution in [3.63, 3.8) is 0 Å². The van der Waals surface area contributed by atoms with E-state index in [1.165, 1.54) is 6.07 Å². The molecule has 1 N–H and O–H groups in total. The Balaban J connectivity index is 2.10. The van der Waals surface area contributed by atoms with Crippen LogP contribution in [0.5, 0.6) is 0 Å². The van der Waals surface area contributed by atoms with Gasteiger partial charge in [-0.25, -0.2) is 0 Å². The van der Waals surface area contributed by atoms with Crippen molar-refractivity contribution in [2.75, 3.05) is 18.4 Å². The third kappa shape index (κ3) is 3.93. The molecule has 0 bridgehead atoms. The molecule has 0 spiro atoms. The van der Waals surface area contributed by atoms with Gasteiger partial charge in [0.2, 0.25) is 5.91 Å². The van der Waals surface area contributed by atoms with Crippen LogP contribution < -0.4 is 5.32 Å². The first-order valence-corrected chi connectivity index (χ1v) is 7.77. The van der Waals surface area contributed by atoms with Gasteiger partial charge in [0.05, 0.1) is 4.92 Å². The van der Waals surface area contributed by atoms with Gasteiger partial charge in [-0.2, -0.15) is 0 Å². The molecule has 0 aromatic heterocycles. The Morgan fingerprint density at radius 3 is 2.67 bits per heavy atom. The van der Waals surface area contributed by atoms with Crippen LogP contribution in [0.1, 0.15) is 26.2 Å². The fraction of sp³-hybridized carbons (Fsp3) is 0.500. The molecule has 1 aliphatic heterocycles. The SMILES string of the molecule is CC(Nc1ccc(Br)cc1[N+](=O)[O-])C(=O)N1CCCCC1. The summed E-state index contributed by atoms with van der Waals surface area (Å²) < 4.78 is 0.634. The van der Waals surface area contributed by atoms with Gasteiger partial charge in [0.1, 0.15) is 11.7 Å². The van der Waals surface area contributed by atoms with Crippen LogP contribution in [0.3, 0.4) is 0 Å². The van der Waals surface area contributed by atoms with Crippen LogP contribution in [0.4, 0.5) is 11.4 Å². The van der Waals surface area contributed by atoms with Crippen LogP contribution in [0.25, 0.3) is 0 Å². The molecular formula is C14H18BrN3O3. The van der Waals surface area contributed by atoms with E-state index in [4.69, 9.17) is 0 Å². The Hall–Kier alpha value is -1.63. The number of nitro groups is 1. The van der Waals surface area contributed by atoms with Gasteiger partial charge in [-0.3, -0.25) is 14.9 Å². The van der Waals surface area contributed by atoms with E-state index in [-0.39, 0.29) is 11.6 Å². The highest BCUT2D eigenvalue weighted by Gasteiger charge is 2.24. The number of nitro benzene ring substituents is 1. The minimum absolute atomic E-state index is 0.00748. The van der Waals surface area contributed by atoms with Crippen LogP contribution in [0.2, 0.25) is 0 Å². The number of likely N-dealkylation sites (tertiary alicyclic amines) is 1. The van der Waals surface area contributed by atoms with Crippen molar-refractivity contribution in [2.45, 2.75) is 32.2 Å². The van der Waals surface area contributed by atoms with E-state index in [1.54, 1.807) is 19.1 Å². The van der Waals surface area contributed by atoms with E-state index in [2.05, 4.69) is 21.2 Å². The molecule has 1 aromatic rings. The van der Waals surface area contributed by atoms with E-state index in [1.807, 2.05) is 4.90 Å². The maximum atomic E-state index is 12.3. The molecule has 21 heavy (non-hydrogen) atoms. The second kappa shape index (κ2) is 6.89. The highest BCUT2D eigenvalue weighted by Crippen LogP contribution is 2.28. The average molecular weight is 356 g/mol. The zero-order valence-corrected chi connectivity index (χ0v) is 13.4. The van der Waals surface area contributed by atoms with Gasteiger partial charge in [0.25, 0.3) is 5.69 Å². The maximum Gasteiger partial charge on any atom is 0.293 e. The summed E-state index contributed by atoms with van der Waals surface area (Å²) in [5.41, 5.74) is 0.323. The lowest BCUT2D eigenvalue weighted by Crippen LogP contribution is -2.43. The third-order valence-corrected chi connectivity index (χ3v) is 4.06. The number of hydrogen-bond donors (Lipinski definition) is 1. The quantitative estimate of drug-likeness (QED) is 0.664. The van der Waals surface area contributed by atoms with Crippen LogP contribution in [-0.4, -0.2) is 34.9 Å². The second-order valence-electron chi connectivity index (χ2n) is 5.17. The number of benzene rings is 1. The lowest BCUT2D eigenvalue weighted by molar-refractivity contribution is -0.384. The molecule has 2 rings (SSSR count). The molecule has 6 nitrogen and oxygen atoms in total. The minimum atomic E-state index is -0.483. The summed E-state index contributed by atoms with van der Waals surface area (Å²) in [7, 11) is 0. The summed E-state index contributed by atoms with van der Waals surface area (Å²) in [6.07, 6.45) is 3.21. The van der Waals surface area contributed by atoms with E-state index in [0.29, 0.717) is 10.2 Å². The zero-order chi connectivity index (χ0) is 15.4. The fourth-order valence-electron chi connectivity index (χ4n) is 2.46. The van der Waals surface area contributed by atoms with Crippen molar-refractivity contribution in [3.8, 4) is 0 Å². The predicted octanol–water partition coefficient (Wildman–Crippen LogP) is 3.17. The molecule has 1 fully saturated rings. The largest absolute Gasteiger partial charge is 0.368 e. The van der Waals surface area contributed by atoms with Crippen molar-refractivity contribution >= 4 is 33.2 Å². The fourth-order valence-corrected chi connectivity index (χ4v) is 2.81. The van der Waals surface area contributed by atoms with Gasteiger partial charge < -0.3 is 10.2 Å². The maximum absolute atomic E-state index is 12.3. The molecular weight excluding hydrogens is 338 g/mol. The van der Waals surface area contributed by atoms with Crippen LogP contribution in [-0.2, 0) is 4.79 Å². The van der Waals surface area contributed by atoms with Crippen molar-refractivity contribution < 1.29 is 9.72 Å². The van der Waals surface area contributed by atoms with Gasteiger partial charge >= 0.3 is 0 Å². The third-order valence-electron chi connectivity index (χ3n) is 3.57. The zero-order valence-electron chi connectivity index (χ0n) is 11.8. The Kier molecular flexibility index (Phi) is 5.17. The molecule has 114 valence electrons. The Bertz CT molecular complexity index is 544. The molecule has 7 heteroatoms. The van der Waals surface area contributed by atoms with Crippen molar-refractivity contribution in [1.82, 2.24) is 4.90 Å². The van der Waals surface area contributed by atoms with E-state index in [9.17, 15) is 14.9 Å². The number of nitrogens with zero attached hydrogens (tertiary/aromatic N) is 2. The van der Waals surface area contributed by atoms with Crippen molar-refractivity contribution in [3.05, 3.63) is 32.8 Å². The summed E-state index contributed by atoms with van der Waals surface area (Å²) in [5, 5.41) is 14.0. The topological polar surface area (TPSA) is 75.5 Å². The molecule has 1 unspecified atom stereocenters. The lowest BCUT2D eigenvalue weighted by atomic mass is 10.1. The number of carbonyl (C=O) groups excluding carboxylic acids is 1. The molecule has 1 atom stereocenters. The number of carbonyl (C=O) groups is 1. The first-order chi connectivity index (χ1) is 9.99. The smallest absolute Gasteiger partial charge is 0.293 e. The average Bonchev–Trinajstić information content (AvgIpc) is 2.49. The van der Waals surface area contributed by atoms with Crippen LogP contribution in [0, 0.1) is 10.1 Å². The second-order valence-corrected chi connectivity index (χ2v) is 6.09. The molecule has 1 aliphatic rings. The normalized spacial score (nSPS) is 16.4. The summed E-state index contributed by atoms with van der Waals surface area (Å²) in [4.78, 5) is 24.8. The van der Waals surface area contributed by atoms with Crippen molar-refractivity contribution in [1.29, 1.82) is 0 Å². The van der Waals surface area contributed by atoms with Gasteiger partial charge in [-0.05, 0) is 38.3 Å². The highest BCUT2D eigenvalue weighted by molar-refractivity contribution is 9.10. The molecule has 1 aromatic carbocycles. The Morgan fingerprint density at radius 2 is 2.05 bits per heavy atom. The monoisotopic (exact) mass is 355 g/mol. The van der Waals surface area contributed by atoms with Crippen molar-refractivity contribution in [2.24, 2.45) is 0 Å². The van der Waals surface area contributed by atoms with E-state index >= 15 is 0 Å². The van der Waals surface area contributed by atoms with E-state index < -0.39 is 11.0 Å². The minimum Gasteiger partial charge on any atom is -0.368 e. The van der Waals surface area contributed by atoms with Crippen LogP contribution >= 0.6 is 15.9 Å². The molecule has 1 heterocycles. The van der Waals surface area contributed by atoms with E-state index in [0.717, 1.165) is 32.4 Å². The number of hydrogen-bond acceptors (Lipinski definition) is 4.